The van der Waals surface area contributed by atoms with E-state index in [-0.39, 0.29) is 42.5 Å². The monoisotopic (exact) mass is 603 g/mol. The molecule has 3 aromatic rings. The van der Waals surface area contributed by atoms with Crippen molar-refractivity contribution >= 4 is 10.9 Å². The van der Waals surface area contributed by atoms with Crippen LogP contribution < -0.4 is 0 Å². The van der Waals surface area contributed by atoms with Crippen LogP contribution in [0.5, 0.6) is 0 Å². The molecule has 0 radical (unpaired) electrons. The highest BCUT2D eigenvalue weighted by atomic mass is 32.2. The van der Waals surface area contributed by atoms with Crippen LogP contribution in [0.2, 0.25) is 0 Å². The van der Waals surface area contributed by atoms with Crippen LogP contribution in [-0.2, 0) is 41.8 Å². The van der Waals surface area contributed by atoms with Crippen molar-refractivity contribution in [3.05, 3.63) is 88.5 Å². The smallest absolute Gasteiger partial charge is 0.166 e. The highest BCUT2D eigenvalue weighted by Gasteiger charge is 2.44. The molecule has 0 aliphatic carbocycles. The third kappa shape index (κ3) is 7.13. The molecule has 0 spiro atoms. The van der Waals surface area contributed by atoms with Crippen LogP contribution in [0.4, 0.5) is 65.9 Å². The molecule has 39 heavy (non-hydrogen) atoms. The summed E-state index contributed by atoms with van der Waals surface area (Å²) in [6.45, 7) is 0. The van der Waals surface area contributed by atoms with E-state index in [4.69, 9.17) is 0 Å². The van der Waals surface area contributed by atoms with Crippen LogP contribution in [0.25, 0.3) is 0 Å². The number of hydrogen-bond donors (Lipinski definition) is 0. The summed E-state index contributed by atoms with van der Waals surface area (Å²) in [4.78, 5) is -3.03. The van der Waals surface area contributed by atoms with Gasteiger partial charge in [-0.25, -0.2) is 0 Å². The first-order valence-corrected chi connectivity index (χ1v) is 11.2. The van der Waals surface area contributed by atoms with Crippen molar-refractivity contribution in [2.45, 2.75) is 45.6 Å². The van der Waals surface area contributed by atoms with E-state index in [1.54, 1.807) is 0 Å². The number of alkyl halides is 15. The van der Waals surface area contributed by atoms with Crippen molar-refractivity contribution in [3.63, 3.8) is 0 Å². The Morgan fingerprint density at radius 1 is 0.333 bits per heavy atom. The summed E-state index contributed by atoms with van der Waals surface area (Å²) in [6.07, 6.45) is -27.0. The Labute approximate surface area is 211 Å². The maximum absolute atomic E-state index is 13.5. The fourth-order valence-corrected chi connectivity index (χ4v) is 5.55. The summed E-state index contributed by atoms with van der Waals surface area (Å²) in [7, 11) is -2.74. The topological polar surface area (TPSA) is 0 Å². The molecule has 0 bridgehead atoms. The van der Waals surface area contributed by atoms with E-state index in [1.165, 1.54) is 0 Å². The van der Waals surface area contributed by atoms with Crippen molar-refractivity contribution in [2.24, 2.45) is 0 Å². The summed E-state index contributed by atoms with van der Waals surface area (Å²) >= 11 is 0. The minimum atomic E-state index is -5.47. The van der Waals surface area contributed by atoms with Gasteiger partial charge in [0.25, 0.3) is 0 Å². The van der Waals surface area contributed by atoms with Gasteiger partial charge in [-0.15, -0.1) is 0 Å². The first-order chi connectivity index (χ1) is 17.5. The molecule has 0 atom stereocenters. The second-order valence-corrected chi connectivity index (χ2v) is 9.84. The lowest BCUT2D eigenvalue weighted by molar-refractivity contribution is -0.144. The Balaban J connectivity index is 2.48. The van der Waals surface area contributed by atoms with Gasteiger partial charge in [-0.3, -0.25) is 0 Å². The zero-order valence-corrected chi connectivity index (χ0v) is 19.2. The number of hydrogen-bond acceptors (Lipinski definition) is 0. The van der Waals surface area contributed by atoms with Gasteiger partial charge in [0.05, 0.1) is 38.7 Å². The molecule has 0 amide bonds. The number of benzene rings is 3. The lowest BCUT2D eigenvalue weighted by Gasteiger charge is -2.17. The molecule has 0 aliphatic heterocycles. The van der Waals surface area contributed by atoms with Gasteiger partial charge in [0, 0.05) is 30.3 Å². The van der Waals surface area contributed by atoms with E-state index in [0.29, 0.717) is 12.1 Å². The van der Waals surface area contributed by atoms with Gasteiger partial charge >= 0.3 is 30.9 Å². The van der Waals surface area contributed by atoms with Gasteiger partial charge in [-0.2, -0.15) is 65.9 Å². The van der Waals surface area contributed by atoms with Crippen LogP contribution in [-0.4, -0.2) is 0 Å². The third-order valence-electron chi connectivity index (χ3n) is 4.99. The second-order valence-electron chi connectivity index (χ2n) is 7.81. The molecular weight excluding hydrogens is 593 g/mol. The SMILES string of the molecule is FC(F)(F)c1cccc([S+](c2cc(C(F)(F)F)cc(C(F)(F)F)c2)c2cc(C(F)(F)F)cc(C(F)(F)F)c2)c1. The minimum Gasteiger partial charge on any atom is -0.166 e. The second kappa shape index (κ2) is 9.86. The Morgan fingerprint density at radius 2 is 0.615 bits per heavy atom. The van der Waals surface area contributed by atoms with Crippen molar-refractivity contribution < 1.29 is 65.9 Å². The predicted octanol–water partition coefficient (Wildman–Crippen LogP) is 9.88. The van der Waals surface area contributed by atoms with Gasteiger partial charge in [0.1, 0.15) is 0 Å². The summed E-state index contributed by atoms with van der Waals surface area (Å²) in [5.74, 6) is 0. The first-order valence-electron chi connectivity index (χ1n) is 9.98. The molecule has 0 fully saturated rings. The van der Waals surface area contributed by atoms with Gasteiger partial charge in [-0.05, 0) is 24.3 Å². The first kappa shape index (κ1) is 30.5. The Bertz CT molecular complexity index is 1200. The van der Waals surface area contributed by atoms with E-state index in [1.807, 2.05) is 0 Å². The van der Waals surface area contributed by atoms with Crippen LogP contribution in [0, 0.1) is 0 Å². The summed E-state index contributed by atoms with van der Waals surface area (Å²) < 4.78 is 201. The molecule has 0 nitrogen and oxygen atoms in total. The summed E-state index contributed by atoms with van der Waals surface area (Å²) in [5.41, 5.74) is -9.39. The Kier molecular flexibility index (Phi) is 7.71. The van der Waals surface area contributed by atoms with Crippen LogP contribution in [0.1, 0.15) is 27.8 Å². The van der Waals surface area contributed by atoms with Gasteiger partial charge in [-0.1, -0.05) is 6.07 Å². The number of halogens is 15. The van der Waals surface area contributed by atoms with Gasteiger partial charge in [0.15, 0.2) is 14.7 Å². The van der Waals surface area contributed by atoms with Gasteiger partial charge in [0.2, 0.25) is 0 Å². The van der Waals surface area contributed by atoms with Crippen LogP contribution >= 0.6 is 0 Å². The molecule has 3 aromatic carbocycles. The highest BCUT2D eigenvalue weighted by Crippen LogP contribution is 2.44. The molecule has 0 saturated carbocycles. The highest BCUT2D eigenvalue weighted by molar-refractivity contribution is 7.97. The van der Waals surface area contributed by atoms with Crippen LogP contribution in [0.3, 0.4) is 0 Å². The maximum atomic E-state index is 13.5. The van der Waals surface area contributed by atoms with E-state index in [0.717, 1.165) is 6.07 Å². The van der Waals surface area contributed by atoms with Crippen molar-refractivity contribution in [3.8, 4) is 0 Å². The van der Waals surface area contributed by atoms with E-state index >= 15 is 0 Å². The Hall–Kier alpha value is -3.04. The van der Waals surface area contributed by atoms with E-state index in [2.05, 4.69) is 0 Å². The molecule has 16 heteroatoms. The average molecular weight is 603 g/mol. The van der Waals surface area contributed by atoms with Crippen molar-refractivity contribution in [1.29, 1.82) is 0 Å². The maximum Gasteiger partial charge on any atom is 0.416 e. The average Bonchev–Trinajstić information content (AvgIpc) is 2.76. The third-order valence-corrected chi connectivity index (χ3v) is 7.13. The summed E-state index contributed by atoms with van der Waals surface area (Å²) in [6, 6.07) is 1.52. The fraction of sp³-hybridized carbons (Fsp3) is 0.217. The molecule has 0 aliphatic rings. The van der Waals surface area contributed by atoms with E-state index < -0.39 is 84.3 Å². The Morgan fingerprint density at radius 3 is 0.897 bits per heavy atom. The van der Waals surface area contributed by atoms with E-state index in [9.17, 15) is 65.9 Å². The lowest BCUT2D eigenvalue weighted by Crippen LogP contribution is -2.17. The molecule has 0 saturated heterocycles. The molecule has 0 aromatic heterocycles. The molecule has 0 heterocycles. The molecule has 212 valence electrons. The molecule has 3 rings (SSSR count). The largest absolute Gasteiger partial charge is 0.416 e. The molecule has 0 unspecified atom stereocenters. The zero-order chi connectivity index (χ0) is 29.8. The standard InChI is InChI=1S/C23H10F15S/c24-19(25,26)11-2-1-3-16(6-11)39(17-7-12(20(27,28)29)4-13(8-17)21(30,31)32)18-9-14(22(33,34)35)5-15(10-18)23(36,37)38/h1-10H/q+1. The minimum absolute atomic E-state index is 0.0339. The lowest BCUT2D eigenvalue weighted by atomic mass is 10.1. The van der Waals surface area contributed by atoms with Crippen LogP contribution in [0.15, 0.2) is 75.4 Å². The normalized spacial score (nSPS) is 13.7. The number of rotatable bonds is 3. The predicted molar refractivity (Wildman–Crippen MR) is 106 cm³/mol. The van der Waals surface area contributed by atoms with Crippen molar-refractivity contribution in [2.75, 3.05) is 0 Å². The fourth-order valence-electron chi connectivity index (χ4n) is 3.30. The molecular formula is C23H10F15S+. The quantitative estimate of drug-likeness (QED) is 0.207. The molecule has 0 N–H and O–H groups in total. The zero-order valence-electron chi connectivity index (χ0n) is 18.4. The van der Waals surface area contributed by atoms with Crippen molar-refractivity contribution in [1.82, 2.24) is 0 Å². The summed E-state index contributed by atoms with van der Waals surface area (Å²) in [5, 5.41) is 0. The van der Waals surface area contributed by atoms with Gasteiger partial charge < -0.3 is 0 Å².